The average Bonchev–Trinajstić information content (AvgIpc) is 2.59. The van der Waals surface area contributed by atoms with E-state index < -0.39 is 30.3 Å². The summed E-state index contributed by atoms with van der Waals surface area (Å²) in [6.07, 6.45) is -3.04. The zero-order chi connectivity index (χ0) is 18.4. The number of alkyl halides is 3. The van der Waals surface area contributed by atoms with Crippen molar-refractivity contribution in [3.8, 4) is 11.5 Å². The molecule has 2 aromatic rings. The second-order valence-electron chi connectivity index (χ2n) is 5.19. The zero-order valence-corrected chi connectivity index (χ0v) is 13.6. The number of rotatable bonds is 6. The van der Waals surface area contributed by atoms with Gasteiger partial charge in [0.2, 0.25) is 0 Å². The van der Waals surface area contributed by atoms with E-state index in [2.05, 4.69) is 10.3 Å². The van der Waals surface area contributed by atoms with E-state index in [1.165, 1.54) is 31.5 Å². The Morgan fingerprint density at radius 1 is 1.24 bits per heavy atom. The van der Waals surface area contributed by atoms with Crippen LogP contribution in [-0.2, 0) is 11.0 Å². The van der Waals surface area contributed by atoms with Gasteiger partial charge in [-0.3, -0.25) is 9.78 Å². The van der Waals surface area contributed by atoms with E-state index in [0.29, 0.717) is 11.4 Å². The number of methoxy groups -OCH3 is 1. The number of carbonyl (C=O) groups is 1. The first-order valence-corrected chi connectivity index (χ1v) is 7.39. The molecule has 2 rings (SSSR count). The molecule has 0 saturated carbocycles. The molecule has 1 unspecified atom stereocenters. The van der Waals surface area contributed by atoms with Gasteiger partial charge in [-0.05, 0) is 31.2 Å². The predicted molar refractivity (Wildman–Crippen MR) is 84.3 cm³/mol. The Bertz CT molecular complexity index is 718. The predicted octanol–water partition coefficient (Wildman–Crippen LogP) is 3.37. The van der Waals surface area contributed by atoms with Gasteiger partial charge in [-0.1, -0.05) is 12.1 Å². The maximum Gasteiger partial charge on any atom is 0.419 e. The van der Waals surface area contributed by atoms with Crippen LogP contribution < -0.4 is 14.8 Å². The monoisotopic (exact) mass is 354 g/mol. The molecule has 1 aromatic carbocycles. The third-order valence-electron chi connectivity index (χ3n) is 3.37. The second kappa shape index (κ2) is 7.87. The van der Waals surface area contributed by atoms with E-state index in [1.807, 2.05) is 0 Å². The Morgan fingerprint density at radius 3 is 2.56 bits per heavy atom. The van der Waals surface area contributed by atoms with Gasteiger partial charge in [-0.25, -0.2) is 0 Å². The van der Waals surface area contributed by atoms with Crippen molar-refractivity contribution in [2.75, 3.05) is 13.7 Å². The molecule has 0 fully saturated rings. The first kappa shape index (κ1) is 18.6. The average molecular weight is 354 g/mol. The molecule has 0 saturated heterocycles. The second-order valence-corrected chi connectivity index (χ2v) is 5.19. The topological polar surface area (TPSA) is 60.5 Å². The molecule has 1 heterocycles. The van der Waals surface area contributed by atoms with Crippen molar-refractivity contribution in [2.24, 2.45) is 0 Å². The van der Waals surface area contributed by atoms with Crippen molar-refractivity contribution in [1.82, 2.24) is 10.3 Å². The molecular weight excluding hydrogens is 337 g/mol. The smallest absolute Gasteiger partial charge is 0.419 e. The number of benzene rings is 1. The molecule has 25 heavy (non-hydrogen) atoms. The normalized spacial score (nSPS) is 12.4. The van der Waals surface area contributed by atoms with Gasteiger partial charge in [-0.2, -0.15) is 13.2 Å². The fourth-order valence-corrected chi connectivity index (χ4v) is 2.10. The molecule has 1 amide bonds. The third-order valence-corrected chi connectivity index (χ3v) is 3.37. The molecule has 1 atom stereocenters. The van der Waals surface area contributed by atoms with Crippen LogP contribution in [-0.4, -0.2) is 24.6 Å². The first-order chi connectivity index (χ1) is 11.8. The maximum absolute atomic E-state index is 12.9. The van der Waals surface area contributed by atoms with Gasteiger partial charge < -0.3 is 14.8 Å². The summed E-state index contributed by atoms with van der Waals surface area (Å²) in [5.74, 6) is -0.364. The standard InChI is InChI=1S/C17H17F3N2O3/c1-11(14-8-7-12(24-2)9-21-14)22-16(23)10-25-15-6-4-3-5-13(15)17(18,19)20/h3-9,11H,10H2,1-2H3,(H,22,23). The maximum atomic E-state index is 12.9. The molecule has 0 aliphatic carbocycles. The number of pyridine rings is 1. The summed E-state index contributed by atoms with van der Waals surface area (Å²) in [4.78, 5) is 16.1. The van der Waals surface area contributed by atoms with Gasteiger partial charge >= 0.3 is 6.18 Å². The van der Waals surface area contributed by atoms with Crippen LogP contribution in [0, 0.1) is 0 Å². The summed E-state index contributed by atoms with van der Waals surface area (Å²) in [7, 11) is 1.51. The summed E-state index contributed by atoms with van der Waals surface area (Å²) in [6.45, 7) is 1.17. The lowest BCUT2D eigenvalue weighted by Gasteiger charge is -2.16. The summed E-state index contributed by atoms with van der Waals surface area (Å²) in [6, 6.07) is 7.69. The fraction of sp³-hybridized carbons (Fsp3) is 0.294. The van der Waals surface area contributed by atoms with E-state index in [9.17, 15) is 18.0 Å². The first-order valence-electron chi connectivity index (χ1n) is 7.39. The highest BCUT2D eigenvalue weighted by molar-refractivity contribution is 5.78. The fourth-order valence-electron chi connectivity index (χ4n) is 2.10. The number of carbonyl (C=O) groups excluding carboxylic acids is 1. The van der Waals surface area contributed by atoms with E-state index >= 15 is 0 Å². The Hall–Kier alpha value is -2.77. The van der Waals surface area contributed by atoms with Gasteiger partial charge in [0.05, 0.1) is 30.6 Å². The lowest BCUT2D eigenvalue weighted by Crippen LogP contribution is -2.31. The SMILES string of the molecule is COc1ccc(C(C)NC(=O)COc2ccccc2C(F)(F)F)nc1. The minimum atomic E-state index is -4.55. The lowest BCUT2D eigenvalue weighted by molar-refractivity contribution is -0.139. The highest BCUT2D eigenvalue weighted by atomic mass is 19.4. The Labute approximate surface area is 142 Å². The number of halogens is 3. The molecule has 0 aliphatic rings. The van der Waals surface area contributed by atoms with Gasteiger partial charge in [0.25, 0.3) is 5.91 Å². The number of nitrogens with one attached hydrogen (secondary N) is 1. The molecule has 0 bridgehead atoms. The Morgan fingerprint density at radius 2 is 1.96 bits per heavy atom. The zero-order valence-electron chi connectivity index (χ0n) is 13.6. The van der Waals surface area contributed by atoms with E-state index in [0.717, 1.165) is 6.07 Å². The minimum absolute atomic E-state index is 0.389. The van der Waals surface area contributed by atoms with Crippen molar-refractivity contribution in [3.05, 3.63) is 53.9 Å². The van der Waals surface area contributed by atoms with Gasteiger partial charge in [0.1, 0.15) is 11.5 Å². The number of nitrogens with zero attached hydrogens (tertiary/aromatic N) is 1. The Kier molecular flexibility index (Phi) is 5.84. The van der Waals surface area contributed by atoms with Crippen LogP contribution in [0.15, 0.2) is 42.6 Å². The summed E-state index contributed by atoms with van der Waals surface area (Å²) in [5, 5.41) is 2.61. The number of amides is 1. The largest absolute Gasteiger partial charge is 0.495 e. The van der Waals surface area contributed by atoms with Crippen LogP contribution in [0.4, 0.5) is 13.2 Å². The van der Waals surface area contributed by atoms with Crippen molar-refractivity contribution < 1.29 is 27.4 Å². The molecule has 134 valence electrons. The van der Waals surface area contributed by atoms with Crippen LogP contribution >= 0.6 is 0 Å². The van der Waals surface area contributed by atoms with Gasteiger partial charge in [0.15, 0.2) is 6.61 Å². The minimum Gasteiger partial charge on any atom is -0.495 e. The van der Waals surface area contributed by atoms with E-state index in [4.69, 9.17) is 9.47 Å². The summed E-state index contributed by atoms with van der Waals surface area (Å²) in [5.41, 5.74) is -0.336. The molecule has 1 N–H and O–H groups in total. The van der Waals surface area contributed by atoms with Gasteiger partial charge in [0, 0.05) is 0 Å². The van der Waals surface area contributed by atoms with Crippen LogP contribution in [0.1, 0.15) is 24.2 Å². The number of aromatic nitrogens is 1. The van der Waals surface area contributed by atoms with Crippen LogP contribution in [0.5, 0.6) is 11.5 Å². The van der Waals surface area contributed by atoms with Gasteiger partial charge in [-0.15, -0.1) is 0 Å². The molecule has 0 radical (unpaired) electrons. The van der Waals surface area contributed by atoms with Crippen LogP contribution in [0.2, 0.25) is 0 Å². The highest BCUT2D eigenvalue weighted by Gasteiger charge is 2.34. The van der Waals surface area contributed by atoms with Crippen molar-refractivity contribution in [1.29, 1.82) is 0 Å². The molecule has 8 heteroatoms. The number of para-hydroxylation sites is 1. The number of hydrogen-bond donors (Lipinski definition) is 1. The third kappa shape index (κ3) is 5.10. The van der Waals surface area contributed by atoms with E-state index in [-0.39, 0.29) is 5.75 Å². The number of ether oxygens (including phenoxy) is 2. The van der Waals surface area contributed by atoms with Crippen molar-refractivity contribution in [3.63, 3.8) is 0 Å². The molecule has 0 aliphatic heterocycles. The van der Waals surface area contributed by atoms with Crippen molar-refractivity contribution in [2.45, 2.75) is 19.1 Å². The molecule has 1 aromatic heterocycles. The highest BCUT2D eigenvalue weighted by Crippen LogP contribution is 2.35. The van der Waals surface area contributed by atoms with E-state index in [1.54, 1.807) is 19.1 Å². The van der Waals surface area contributed by atoms with Crippen LogP contribution in [0.25, 0.3) is 0 Å². The Balaban J connectivity index is 1.94. The molecule has 5 nitrogen and oxygen atoms in total. The summed E-state index contributed by atoms with van der Waals surface area (Å²) < 4.78 is 48.6. The molecular formula is C17H17F3N2O3. The summed E-state index contributed by atoms with van der Waals surface area (Å²) >= 11 is 0. The quantitative estimate of drug-likeness (QED) is 0.864. The van der Waals surface area contributed by atoms with Crippen molar-refractivity contribution >= 4 is 5.91 Å². The van der Waals surface area contributed by atoms with Crippen LogP contribution in [0.3, 0.4) is 0 Å². The lowest BCUT2D eigenvalue weighted by atomic mass is 10.2. The molecule has 0 spiro atoms. The number of hydrogen-bond acceptors (Lipinski definition) is 4.